The van der Waals surface area contributed by atoms with Gasteiger partial charge in [-0.2, -0.15) is 5.10 Å². The number of urea groups is 1. The zero-order chi connectivity index (χ0) is 18.4. The number of rotatable bonds is 6. The molecule has 0 radical (unpaired) electrons. The van der Waals surface area contributed by atoms with Crippen molar-refractivity contribution >= 4 is 29.1 Å². The van der Waals surface area contributed by atoms with Gasteiger partial charge < -0.3 is 16.0 Å². The number of aromatic nitrogens is 4. The molecule has 3 rings (SSSR count). The summed E-state index contributed by atoms with van der Waals surface area (Å²) in [6.07, 6.45) is 3.30. The van der Waals surface area contributed by atoms with Gasteiger partial charge in [-0.1, -0.05) is 23.7 Å². The normalized spacial score (nSPS) is 10.4. The number of para-hydroxylation sites is 1. The predicted molar refractivity (Wildman–Crippen MR) is 101 cm³/mol. The van der Waals surface area contributed by atoms with Crippen molar-refractivity contribution in [2.45, 2.75) is 6.92 Å². The van der Waals surface area contributed by atoms with E-state index in [-0.39, 0.29) is 6.03 Å². The number of benzene rings is 1. The van der Waals surface area contributed by atoms with Crippen molar-refractivity contribution in [2.24, 2.45) is 0 Å². The fourth-order valence-electron chi connectivity index (χ4n) is 2.21. The lowest BCUT2D eigenvalue weighted by Gasteiger charge is -2.10. The Bertz CT molecular complexity index is 896. The first-order valence-corrected chi connectivity index (χ1v) is 8.37. The van der Waals surface area contributed by atoms with E-state index in [1.54, 1.807) is 35.0 Å². The molecule has 2 aromatic heterocycles. The largest absolute Gasteiger partial charge is 0.368 e. The molecule has 8 nitrogen and oxygen atoms in total. The summed E-state index contributed by atoms with van der Waals surface area (Å²) in [5.41, 5.74) is 1.47. The van der Waals surface area contributed by atoms with Gasteiger partial charge in [-0.05, 0) is 25.1 Å². The van der Waals surface area contributed by atoms with Gasteiger partial charge in [0.25, 0.3) is 0 Å². The van der Waals surface area contributed by atoms with Crippen molar-refractivity contribution in [2.75, 3.05) is 23.7 Å². The van der Waals surface area contributed by atoms with Crippen LogP contribution in [0, 0.1) is 6.92 Å². The summed E-state index contributed by atoms with van der Waals surface area (Å²) in [6.45, 7) is 2.83. The first-order valence-electron chi connectivity index (χ1n) is 8.00. The predicted octanol–water partition coefficient (Wildman–Crippen LogP) is 2.86. The molecule has 1 aromatic carbocycles. The van der Waals surface area contributed by atoms with Crippen LogP contribution < -0.4 is 16.0 Å². The van der Waals surface area contributed by atoms with Crippen LogP contribution in [0.3, 0.4) is 0 Å². The molecule has 3 aromatic rings. The van der Waals surface area contributed by atoms with Crippen LogP contribution in [0.1, 0.15) is 5.69 Å². The second kappa shape index (κ2) is 8.30. The van der Waals surface area contributed by atoms with Crippen LogP contribution in [0.5, 0.6) is 0 Å². The molecule has 3 N–H and O–H groups in total. The molecule has 0 atom stereocenters. The molecule has 0 fully saturated rings. The maximum Gasteiger partial charge on any atom is 0.319 e. The Labute approximate surface area is 155 Å². The first-order chi connectivity index (χ1) is 12.6. The number of anilines is 2. The number of nitrogens with zero attached hydrogens (tertiary/aromatic N) is 4. The minimum absolute atomic E-state index is 0.324. The van der Waals surface area contributed by atoms with E-state index in [0.29, 0.717) is 35.4 Å². The number of hydrogen-bond donors (Lipinski definition) is 3. The SMILES string of the molecule is Cc1ccn(-c2cc(NCCNC(=O)Nc3ccccc3Cl)ncn2)n1. The molecule has 0 saturated carbocycles. The van der Waals surface area contributed by atoms with Crippen LogP contribution in [0.2, 0.25) is 5.02 Å². The third-order valence-corrected chi connectivity index (χ3v) is 3.78. The summed E-state index contributed by atoms with van der Waals surface area (Å²) in [5, 5.41) is 13.4. The summed E-state index contributed by atoms with van der Waals surface area (Å²) in [4.78, 5) is 20.2. The van der Waals surface area contributed by atoms with E-state index in [4.69, 9.17) is 11.6 Å². The number of hydrogen-bond acceptors (Lipinski definition) is 5. The van der Waals surface area contributed by atoms with Crippen molar-refractivity contribution in [3.8, 4) is 5.82 Å². The first kappa shape index (κ1) is 17.7. The van der Waals surface area contributed by atoms with Crippen LogP contribution in [-0.4, -0.2) is 38.9 Å². The van der Waals surface area contributed by atoms with E-state index in [1.165, 1.54) is 6.33 Å². The number of nitrogens with one attached hydrogen (secondary N) is 3. The Morgan fingerprint density at radius 2 is 2.04 bits per heavy atom. The standard InChI is InChI=1S/C17H18ClN7O/c1-12-6-9-25(24-12)16-10-15(21-11-22-16)19-7-8-20-17(26)23-14-5-3-2-4-13(14)18/h2-6,9-11H,7-8H2,1H3,(H,19,21,22)(H2,20,23,26). The number of aryl methyl sites for hydroxylation is 1. The average Bonchev–Trinajstić information content (AvgIpc) is 3.08. The number of amides is 2. The summed E-state index contributed by atoms with van der Waals surface area (Å²) in [5.74, 6) is 1.32. The van der Waals surface area contributed by atoms with Crippen LogP contribution in [0.15, 0.2) is 48.9 Å². The maximum atomic E-state index is 11.9. The second-order valence-electron chi connectivity index (χ2n) is 5.45. The Hall–Kier alpha value is -3.13. The van der Waals surface area contributed by atoms with Gasteiger partial charge in [-0.25, -0.2) is 19.4 Å². The van der Waals surface area contributed by atoms with Crippen molar-refractivity contribution in [3.63, 3.8) is 0 Å². The van der Waals surface area contributed by atoms with E-state index in [2.05, 4.69) is 31.0 Å². The molecule has 0 spiro atoms. The van der Waals surface area contributed by atoms with Gasteiger partial charge in [0.2, 0.25) is 0 Å². The molecule has 2 amide bonds. The monoisotopic (exact) mass is 371 g/mol. The molecule has 0 unspecified atom stereocenters. The Kier molecular flexibility index (Phi) is 5.65. The fraction of sp³-hybridized carbons (Fsp3) is 0.176. The Morgan fingerprint density at radius 3 is 2.81 bits per heavy atom. The van der Waals surface area contributed by atoms with Gasteiger partial charge in [0.1, 0.15) is 12.1 Å². The van der Waals surface area contributed by atoms with E-state index < -0.39 is 0 Å². The molecule has 0 aliphatic carbocycles. The quantitative estimate of drug-likeness (QED) is 0.579. The van der Waals surface area contributed by atoms with Crippen LogP contribution in [0.4, 0.5) is 16.3 Å². The highest BCUT2D eigenvalue weighted by atomic mass is 35.5. The molecule has 0 aliphatic heterocycles. The van der Waals surface area contributed by atoms with Gasteiger partial charge >= 0.3 is 6.03 Å². The van der Waals surface area contributed by atoms with Crippen molar-refractivity contribution in [1.82, 2.24) is 25.1 Å². The van der Waals surface area contributed by atoms with Gasteiger partial charge in [-0.15, -0.1) is 0 Å². The molecule has 2 heterocycles. The Balaban J connectivity index is 1.46. The average molecular weight is 372 g/mol. The third-order valence-electron chi connectivity index (χ3n) is 3.45. The summed E-state index contributed by atoms with van der Waals surface area (Å²) >= 11 is 6.00. The van der Waals surface area contributed by atoms with E-state index >= 15 is 0 Å². The van der Waals surface area contributed by atoms with Crippen molar-refractivity contribution < 1.29 is 4.79 Å². The highest BCUT2D eigenvalue weighted by Gasteiger charge is 2.05. The minimum atomic E-state index is -0.324. The minimum Gasteiger partial charge on any atom is -0.368 e. The van der Waals surface area contributed by atoms with Gasteiger partial charge in [0, 0.05) is 25.4 Å². The van der Waals surface area contributed by atoms with Crippen LogP contribution >= 0.6 is 11.6 Å². The van der Waals surface area contributed by atoms with Crippen LogP contribution in [-0.2, 0) is 0 Å². The molecule has 0 aliphatic rings. The van der Waals surface area contributed by atoms with E-state index in [1.807, 2.05) is 19.2 Å². The van der Waals surface area contributed by atoms with Crippen LogP contribution in [0.25, 0.3) is 5.82 Å². The molecule has 0 saturated heterocycles. The lowest BCUT2D eigenvalue weighted by atomic mass is 10.3. The lowest BCUT2D eigenvalue weighted by molar-refractivity contribution is 0.252. The van der Waals surface area contributed by atoms with Gasteiger partial charge in [0.05, 0.1) is 16.4 Å². The molecule has 0 bridgehead atoms. The topological polar surface area (TPSA) is 96.8 Å². The fourth-order valence-corrected chi connectivity index (χ4v) is 2.39. The highest BCUT2D eigenvalue weighted by Crippen LogP contribution is 2.19. The lowest BCUT2D eigenvalue weighted by Crippen LogP contribution is -2.32. The summed E-state index contributed by atoms with van der Waals surface area (Å²) in [7, 11) is 0. The van der Waals surface area contributed by atoms with Crippen molar-refractivity contribution in [1.29, 1.82) is 0 Å². The van der Waals surface area contributed by atoms with Gasteiger partial charge in [0.15, 0.2) is 5.82 Å². The zero-order valence-electron chi connectivity index (χ0n) is 14.1. The molecular formula is C17H18ClN7O. The molecule has 9 heteroatoms. The van der Waals surface area contributed by atoms with E-state index in [0.717, 1.165) is 5.69 Å². The smallest absolute Gasteiger partial charge is 0.319 e. The van der Waals surface area contributed by atoms with Gasteiger partial charge in [-0.3, -0.25) is 0 Å². The molecular weight excluding hydrogens is 354 g/mol. The van der Waals surface area contributed by atoms with E-state index in [9.17, 15) is 4.79 Å². The highest BCUT2D eigenvalue weighted by molar-refractivity contribution is 6.33. The number of carbonyl (C=O) groups excluding carboxylic acids is 1. The summed E-state index contributed by atoms with van der Waals surface area (Å²) in [6, 6.07) is 10.4. The molecule has 26 heavy (non-hydrogen) atoms. The third kappa shape index (κ3) is 4.70. The molecule has 134 valence electrons. The number of carbonyl (C=O) groups is 1. The maximum absolute atomic E-state index is 11.9. The zero-order valence-corrected chi connectivity index (χ0v) is 14.9. The second-order valence-corrected chi connectivity index (χ2v) is 5.86. The number of halogens is 1. The Morgan fingerprint density at radius 1 is 1.19 bits per heavy atom. The van der Waals surface area contributed by atoms with Crippen molar-refractivity contribution in [3.05, 3.63) is 59.6 Å². The summed E-state index contributed by atoms with van der Waals surface area (Å²) < 4.78 is 1.68.